The van der Waals surface area contributed by atoms with Crippen LogP contribution in [0, 0.1) is 0 Å². The van der Waals surface area contributed by atoms with Crippen LogP contribution in [0.25, 0.3) is 0 Å². The van der Waals surface area contributed by atoms with E-state index in [9.17, 15) is 9.59 Å². The van der Waals surface area contributed by atoms with Gasteiger partial charge in [-0.3, -0.25) is 0 Å². The average Bonchev–Trinajstić information content (AvgIpc) is 2.22. The van der Waals surface area contributed by atoms with Crippen LogP contribution in [0.2, 0.25) is 0 Å². The largest absolute Gasteiger partial charge is 0.444 e. The summed E-state index contributed by atoms with van der Waals surface area (Å²) < 4.78 is 10.3. The van der Waals surface area contributed by atoms with Crippen LogP contribution in [0.3, 0.4) is 0 Å². The quantitative estimate of drug-likeness (QED) is 0.718. The van der Waals surface area contributed by atoms with Crippen molar-refractivity contribution in [3.05, 3.63) is 0 Å². The van der Waals surface area contributed by atoms with Gasteiger partial charge in [-0.1, -0.05) is 0 Å². The highest BCUT2D eigenvalue weighted by Gasteiger charge is 2.19. The van der Waals surface area contributed by atoms with E-state index in [4.69, 9.17) is 15.2 Å². The molecule has 2 amide bonds. The van der Waals surface area contributed by atoms with Crippen molar-refractivity contribution < 1.29 is 19.1 Å². The van der Waals surface area contributed by atoms with Crippen molar-refractivity contribution >= 4 is 12.2 Å². The van der Waals surface area contributed by atoms with Gasteiger partial charge in [0.25, 0.3) is 0 Å². The number of carbonyl (C=O) groups is 2. The van der Waals surface area contributed by atoms with Gasteiger partial charge in [0.1, 0.15) is 11.2 Å². The summed E-state index contributed by atoms with van der Waals surface area (Å²) in [4.78, 5) is 23.1. The summed E-state index contributed by atoms with van der Waals surface area (Å²) in [6.45, 7) is 11.3. The molecule has 0 aromatic carbocycles. The lowest BCUT2D eigenvalue weighted by Crippen LogP contribution is -2.45. The number of ether oxygens (including phenoxy) is 2. The van der Waals surface area contributed by atoms with Crippen LogP contribution < -0.4 is 16.4 Å². The van der Waals surface area contributed by atoms with Gasteiger partial charge in [-0.15, -0.1) is 0 Å². The maximum Gasteiger partial charge on any atom is 0.407 e. The van der Waals surface area contributed by atoms with Crippen molar-refractivity contribution in [2.75, 3.05) is 13.1 Å². The highest BCUT2D eigenvalue weighted by molar-refractivity contribution is 5.68. The Labute approximate surface area is 126 Å². The molecule has 7 nitrogen and oxygen atoms in total. The van der Waals surface area contributed by atoms with E-state index in [1.165, 1.54) is 0 Å². The number of carbonyl (C=O) groups excluding carboxylic acids is 2. The minimum Gasteiger partial charge on any atom is -0.444 e. The molecule has 7 heteroatoms. The van der Waals surface area contributed by atoms with Crippen LogP contribution in [0.4, 0.5) is 9.59 Å². The summed E-state index contributed by atoms with van der Waals surface area (Å²) in [7, 11) is 0. The van der Waals surface area contributed by atoms with E-state index in [1.807, 2.05) is 0 Å². The minimum absolute atomic E-state index is 0.259. The topological polar surface area (TPSA) is 103 Å². The lowest BCUT2D eigenvalue weighted by molar-refractivity contribution is 0.0501. The molecule has 1 atom stereocenters. The van der Waals surface area contributed by atoms with Gasteiger partial charge < -0.3 is 25.8 Å². The number of alkyl carbamates (subject to hydrolysis) is 2. The number of amides is 2. The van der Waals surface area contributed by atoms with Crippen molar-refractivity contribution in [2.45, 2.75) is 65.2 Å². The van der Waals surface area contributed by atoms with E-state index in [-0.39, 0.29) is 12.6 Å². The molecule has 0 saturated heterocycles. The number of nitrogens with two attached hydrogens (primary N) is 1. The van der Waals surface area contributed by atoms with Gasteiger partial charge in [-0.25, -0.2) is 9.59 Å². The Morgan fingerprint density at radius 3 is 1.90 bits per heavy atom. The zero-order valence-corrected chi connectivity index (χ0v) is 13.9. The molecule has 0 aromatic rings. The average molecular weight is 303 g/mol. The van der Waals surface area contributed by atoms with Gasteiger partial charge in [-0.2, -0.15) is 0 Å². The first-order valence-corrected chi connectivity index (χ1v) is 7.09. The first-order chi connectivity index (χ1) is 9.43. The number of hydrogen-bond acceptors (Lipinski definition) is 5. The molecule has 0 aromatic heterocycles. The highest BCUT2D eigenvalue weighted by Crippen LogP contribution is 2.07. The first kappa shape index (κ1) is 19.5. The van der Waals surface area contributed by atoms with Crippen LogP contribution in [0.5, 0.6) is 0 Å². The maximum atomic E-state index is 11.6. The van der Waals surface area contributed by atoms with Crippen LogP contribution in [-0.4, -0.2) is 42.5 Å². The SMILES string of the molecule is CC(C)(C)OC(=O)NCC[C@@H](CN)NC(=O)OC(C)(C)C. The molecular formula is C14H29N3O4. The van der Waals surface area contributed by atoms with Gasteiger partial charge in [0.15, 0.2) is 0 Å². The summed E-state index contributed by atoms with van der Waals surface area (Å²) in [6, 6.07) is -0.269. The minimum atomic E-state index is -0.558. The lowest BCUT2D eigenvalue weighted by atomic mass is 10.2. The van der Waals surface area contributed by atoms with Crippen LogP contribution in [0.15, 0.2) is 0 Å². The smallest absolute Gasteiger partial charge is 0.407 e. The van der Waals surface area contributed by atoms with Crippen molar-refractivity contribution in [1.29, 1.82) is 0 Å². The standard InChI is InChI=1S/C14H29N3O4/c1-13(2,3)20-11(18)16-8-7-10(9-15)17-12(19)21-14(4,5)6/h10H,7-9,15H2,1-6H3,(H,16,18)(H,17,19)/t10-/m0/s1. The normalized spacial score (nSPS) is 13.3. The predicted octanol–water partition coefficient (Wildman–Crippen LogP) is 1.75. The van der Waals surface area contributed by atoms with E-state index < -0.39 is 23.4 Å². The summed E-state index contributed by atoms with van der Waals surface area (Å²) in [5, 5.41) is 5.28. The molecule has 0 unspecified atom stereocenters. The lowest BCUT2D eigenvalue weighted by Gasteiger charge is -2.23. The molecule has 0 rings (SSSR count). The Bertz CT molecular complexity index is 345. The van der Waals surface area contributed by atoms with Gasteiger partial charge in [0, 0.05) is 19.1 Å². The van der Waals surface area contributed by atoms with Crippen molar-refractivity contribution in [3.63, 3.8) is 0 Å². The second-order valence-corrected chi connectivity index (χ2v) is 6.80. The zero-order valence-electron chi connectivity index (χ0n) is 13.9. The molecule has 124 valence electrons. The Hall–Kier alpha value is -1.50. The van der Waals surface area contributed by atoms with Crippen molar-refractivity contribution in [1.82, 2.24) is 10.6 Å². The Balaban J connectivity index is 4.06. The fraction of sp³-hybridized carbons (Fsp3) is 0.857. The van der Waals surface area contributed by atoms with Crippen LogP contribution >= 0.6 is 0 Å². The second-order valence-electron chi connectivity index (χ2n) is 6.80. The van der Waals surface area contributed by atoms with Gasteiger partial charge in [-0.05, 0) is 48.0 Å². The van der Waals surface area contributed by atoms with E-state index in [0.717, 1.165) is 0 Å². The fourth-order valence-corrected chi connectivity index (χ4v) is 1.39. The summed E-state index contributed by atoms with van der Waals surface area (Å²) >= 11 is 0. The monoisotopic (exact) mass is 303 g/mol. The molecule has 0 aliphatic heterocycles. The third kappa shape index (κ3) is 12.0. The third-order valence-corrected chi connectivity index (χ3v) is 2.17. The van der Waals surface area contributed by atoms with E-state index >= 15 is 0 Å². The molecule has 0 bridgehead atoms. The first-order valence-electron chi connectivity index (χ1n) is 7.09. The molecule has 0 fully saturated rings. The maximum absolute atomic E-state index is 11.6. The fourth-order valence-electron chi connectivity index (χ4n) is 1.39. The van der Waals surface area contributed by atoms with Crippen LogP contribution in [-0.2, 0) is 9.47 Å². The molecule has 21 heavy (non-hydrogen) atoms. The number of nitrogens with one attached hydrogen (secondary N) is 2. The number of hydrogen-bond donors (Lipinski definition) is 3. The molecular weight excluding hydrogens is 274 g/mol. The van der Waals surface area contributed by atoms with E-state index in [0.29, 0.717) is 13.0 Å². The molecule has 0 radical (unpaired) electrons. The Morgan fingerprint density at radius 2 is 1.48 bits per heavy atom. The summed E-state index contributed by atoms with van der Waals surface area (Å²) in [6.07, 6.45) is -0.514. The van der Waals surface area contributed by atoms with E-state index in [2.05, 4.69) is 10.6 Å². The van der Waals surface area contributed by atoms with E-state index in [1.54, 1.807) is 41.5 Å². The van der Waals surface area contributed by atoms with Gasteiger partial charge in [0.05, 0.1) is 0 Å². The molecule has 0 heterocycles. The zero-order chi connectivity index (χ0) is 16.7. The van der Waals surface area contributed by atoms with Gasteiger partial charge in [0.2, 0.25) is 0 Å². The Kier molecular flexibility index (Phi) is 7.49. The molecule has 4 N–H and O–H groups in total. The summed E-state index contributed by atoms with van der Waals surface area (Å²) in [5.41, 5.74) is 4.50. The predicted molar refractivity (Wildman–Crippen MR) is 81.1 cm³/mol. The molecule has 0 spiro atoms. The molecule has 0 aliphatic rings. The molecule has 0 aliphatic carbocycles. The second kappa shape index (κ2) is 8.07. The van der Waals surface area contributed by atoms with Crippen molar-refractivity contribution in [3.8, 4) is 0 Å². The van der Waals surface area contributed by atoms with Gasteiger partial charge >= 0.3 is 12.2 Å². The van der Waals surface area contributed by atoms with Crippen LogP contribution in [0.1, 0.15) is 48.0 Å². The Morgan fingerprint density at radius 1 is 1.00 bits per heavy atom. The van der Waals surface area contributed by atoms with Crippen molar-refractivity contribution in [2.24, 2.45) is 5.73 Å². The highest BCUT2D eigenvalue weighted by atomic mass is 16.6. The summed E-state index contributed by atoms with van der Waals surface area (Å²) in [5.74, 6) is 0. The molecule has 0 saturated carbocycles. The number of rotatable bonds is 5. The third-order valence-electron chi connectivity index (χ3n) is 2.17.